The smallest absolute Gasteiger partial charge is 0.272 e. The quantitative estimate of drug-likeness (QED) is 0.410. The molecule has 4 heterocycles. The van der Waals surface area contributed by atoms with Crippen molar-refractivity contribution < 1.29 is 23.8 Å². The Morgan fingerprint density at radius 3 is 2.30 bits per heavy atom. The molecule has 2 N–H and O–H groups in total. The molecule has 0 spiro atoms. The number of carbonyl (C=O) groups is 2. The Hall–Kier alpha value is -3.70. The van der Waals surface area contributed by atoms with Gasteiger partial charge in [0.05, 0.1) is 19.9 Å². The standard InChI is InChI=1S/C32H42N6O5/c1-41-28-8-5-22(19-29(28)42-2)27-9-14-33-30-20-26(36-38(27)30)32(40)35-23-6-3-21(4-7-23)31(39)34-24-10-15-37(16-11-24)25-12-17-43-18-13-25/h5,8-9,14,19-21,23-25H,3-4,6-7,10-13,15-18H2,1-2H3,(H,34,39)(H,35,40). The molecule has 43 heavy (non-hydrogen) atoms. The number of benzene rings is 1. The lowest BCUT2D eigenvalue weighted by molar-refractivity contribution is -0.127. The van der Waals surface area contributed by atoms with Crippen molar-refractivity contribution in [3.8, 4) is 22.8 Å². The molecule has 1 saturated carbocycles. The van der Waals surface area contributed by atoms with Crippen molar-refractivity contribution in [2.45, 2.75) is 69.5 Å². The molecular formula is C32H42N6O5. The summed E-state index contributed by atoms with van der Waals surface area (Å²) in [7, 11) is 3.19. The lowest BCUT2D eigenvalue weighted by Crippen LogP contribution is -2.50. The van der Waals surface area contributed by atoms with E-state index in [2.05, 4.69) is 25.6 Å². The van der Waals surface area contributed by atoms with Gasteiger partial charge in [-0.2, -0.15) is 5.10 Å². The number of aromatic nitrogens is 3. The summed E-state index contributed by atoms with van der Waals surface area (Å²) in [6.07, 6.45) is 9.04. The summed E-state index contributed by atoms with van der Waals surface area (Å²) in [5.74, 6) is 1.19. The van der Waals surface area contributed by atoms with Crippen LogP contribution in [-0.4, -0.2) is 90.0 Å². The molecule has 0 bridgehead atoms. The van der Waals surface area contributed by atoms with Crippen molar-refractivity contribution in [3.05, 3.63) is 42.2 Å². The first kappa shape index (κ1) is 29.4. The largest absolute Gasteiger partial charge is 0.493 e. The molecule has 6 rings (SSSR count). The van der Waals surface area contributed by atoms with Crippen LogP contribution < -0.4 is 20.1 Å². The highest BCUT2D eigenvalue weighted by Crippen LogP contribution is 2.32. The van der Waals surface area contributed by atoms with Crippen LogP contribution in [0.5, 0.6) is 11.5 Å². The van der Waals surface area contributed by atoms with Crippen LogP contribution >= 0.6 is 0 Å². The molecule has 2 aliphatic heterocycles. The first-order chi connectivity index (χ1) is 21.0. The number of piperidine rings is 1. The van der Waals surface area contributed by atoms with E-state index in [1.165, 1.54) is 0 Å². The second kappa shape index (κ2) is 13.3. The van der Waals surface area contributed by atoms with Gasteiger partial charge < -0.3 is 29.7 Å². The number of hydrogen-bond acceptors (Lipinski definition) is 8. The summed E-state index contributed by atoms with van der Waals surface area (Å²) in [5, 5.41) is 11.1. The third kappa shape index (κ3) is 6.62. The minimum Gasteiger partial charge on any atom is -0.493 e. The molecule has 0 atom stereocenters. The monoisotopic (exact) mass is 590 g/mol. The van der Waals surface area contributed by atoms with Gasteiger partial charge >= 0.3 is 0 Å². The summed E-state index contributed by atoms with van der Waals surface area (Å²) in [4.78, 5) is 33.2. The summed E-state index contributed by atoms with van der Waals surface area (Å²) in [6, 6.07) is 10.1. The van der Waals surface area contributed by atoms with Crippen molar-refractivity contribution in [1.82, 2.24) is 30.1 Å². The van der Waals surface area contributed by atoms with Gasteiger partial charge in [0.15, 0.2) is 22.8 Å². The number of rotatable bonds is 8. The Morgan fingerprint density at radius 2 is 1.58 bits per heavy atom. The Balaban J connectivity index is 1.00. The lowest BCUT2D eigenvalue weighted by atomic mass is 9.85. The molecule has 2 aromatic heterocycles. The fourth-order valence-corrected chi connectivity index (χ4v) is 6.76. The number of hydrogen-bond donors (Lipinski definition) is 2. The molecule has 2 amide bonds. The summed E-state index contributed by atoms with van der Waals surface area (Å²) in [5.41, 5.74) is 2.54. The van der Waals surface area contributed by atoms with Crippen LogP contribution in [-0.2, 0) is 9.53 Å². The Labute approximate surface area is 252 Å². The van der Waals surface area contributed by atoms with E-state index in [0.717, 1.165) is 88.9 Å². The molecule has 1 aromatic carbocycles. The Morgan fingerprint density at radius 1 is 0.860 bits per heavy atom. The zero-order valence-corrected chi connectivity index (χ0v) is 25.1. The molecule has 3 aliphatic rings. The van der Waals surface area contributed by atoms with Gasteiger partial charge in [-0.15, -0.1) is 0 Å². The van der Waals surface area contributed by atoms with E-state index < -0.39 is 0 Å². The first-order valence-electron chi connectivity index (χ1n) is 15.5. The van der Waals surface area contributed by atoms with Gasteiger partial charge in [0.25, 0.3) is 5.91 Å². The number of amides is 2. The van der Waals surface area contributed by atoms with E-state index in [9.17, 15) is 9.59 Å². The Bertz CT molecular complexity index is 1420. The van der Waals surface area contributed by atoms with Gasteiger partial charge in [-0.05, 0) is 75.6 Å². The summed E-state index contributed by atoms with van der Waals surface area (Å²) < 4.78 is 18.0. The molecule has 3 aromatic rings. The molecule has 3 fully saturated rings. The average Bonchev–Trinajstić information content (AvgIpc) is 3.50. The number of carbonyl (C=O) groups excluding carboxylic acids is 2. The molecule has 1 aliphatic carbocycles. The Kier molecular flexibility index (Phi) is 9.08. The van der Waals surface area contributed by atoms with Gasteiger partial charge in [-0.3, -0.25) is 9.59 Å². The van der Waals surface area contributed by atoms with E-state index in [-0.39, 0.29) is 29.8 Å². The topological polar surface area (TPSA) is 119 Å². The van der Waals surface area contributed by atoms with E-state index in [0.29, 0.717) is 28.9 Å². The average molecular weight is 591 g/mol. The van der Waals surface area contributed by atoms with Gasteiger partial charge in [0, 0.05) is 68.2 Å². The first-order valence-corrected chi connectivity index (χ1v) is 15.5. The van der Waals surface area contributed by atoms with Crippen molar-refractivity contribution in [2.24, 2.45) is 5.92 Å². The number of likely N-dealkylation sites (tertiary alicyclic amines) is 1. The summed E-state index contributed by atoms with van der Waals surface area (Å²) >= 11 is 0. The normalized spacial score (nSPS) is 22.3. The van der Waals surface area contributed by atoms with Crippen LogP contribution in [0.2, 0.25) is 0 Å². The maximum absolute atomic E-state index is 13.2. The van der Waals surface area contributed by atoms with E-state index >= 15 is 0 Å². The number of methoxy groups -OCH3 is 2. The van der Waals surface area contributed by atoms with Gasteiger partial charge in [0.2, 0.25) is 5.91 Å². The van der Waals surface area contributed by atoms with E-state index in [1.54, 1.807) is 31.0 Å². The van der Waals surface area contributed by atoms with Crippen molar-refractivity contribution in [3.63, 3.8) is 0 Å². The number of nitrogens with one attached hydrogen (secondary N) is 2. The highest BCUT2D eigenvalue weighted by Gasteiger charge is 2.31. The van der Waals surface area contributed by atoms with Crippen LogP contribution in [0.25, 0.3) is 16.9 Å². The second-order valence-electron chi connectivity index (χ2n) is 11.9. The molecule has 0 unspecified atom stereocenters. The van der Waals surface area contributed by atoms with E-state index in [1.807, 2.05) is 24.3 Å². The van der Waals surface area contributed by atoms with Crippen molar-refractivity contribution in [1.29, 1.82) is 0 Å². The highest BCUT2D eigenvalue weighted by atomic mass is 16.5. The maximum Gasteiger partial charge on any atom is 0.272 e. The summed E-state index contributed by atoms with van der Waals surface area (Å²) in [6.45, 7) is 3.82. The molecule has 11 heteroatoms. The number of nitrogens with zero attached hydrogens (tertiary/aromatic N) is 4. The van der Waals surface area contributed by atoms with Crippen molar-refractivity contribution >= 4 is 17.5 Å². The van der Waals surface area contributed by atoms with Crippen LogP contribution in [0, 0.1) is 5.92 Å². The number of fused-ring (bicyclic) bond motifs is 1. The lowest BCUT2D eigenvalue weighted by Gasteiger charge is -2.39. The van der Waals surface area contributed by atoms with Gasteiger partial charge in [0.1, 0.15) is 0 Å². The predicted octanol–water partition coefficient (Wildman–Crippen LogP) is 3.46. The molecule has 230 valence electrons. The van der Waals surface area contributed by atoms with Gasteiger partial charge in [-0.25, -0.2) is 9.50 Å². The fourth-order valence-electron chi connectivity index (χ4n) is 6.76. The molecule has 0 radical (unpaired) electrons. The predicted molar refractivity (Wildman–Crippen MR) is 161 cm³/mol. The molecule has 11 nitrogen and oxygen atoms in total. The van der Waals surface area contributed by atoms with Crippen LogP contribution in [0.1, 0.15) is 61.9 Å². The third-order valence-electron chi connectivity index (χ3n) is 9.29. The van der Waals surface area contributed by atoms with Crippen molar-refractivity contribution in [2.75, 3.05) is 40.5 Å². The SMILES string of the molecule is COc1ccc(-c2ccnc3cc(C(=O)NC4CCC(C(=O)NC5CCN(C6CCOCC6)CC5)CC4)nn23)cc1OC. The fraction of sp³-hybridized carbons (Fsp3) is 0.562. The zero-order chi connectivity index (χ0) is 29.8. The minimum absolute atomic E-state index is 0.00474. The zero-order valence-electron chi connectivity index (χ0n) is 25.1. The highest BCUT2D eigenvalue weighted by molar-refractivity contribution is 5.93. The molecular weight excluding hydrogens is 548 g/mol. The number of ether oxygens (including phenoxy) is 3. The van der Waals surface area contributed by atoms with Crippen LogP contribution in [0.3, 0.4) is 0 Å². The van der Waals surface area contributed by atoms with E-state index in [4.69, 9.17) is 14.2 Å². The second-order valence-corrected chi connectivity index (χ2v) is 11.9. The van der Waals surface area contributed by atoms with Crippen LogP contribution in [0.4, 0.5) is 0 Å². The van der Waals surface area contributed by atoms with Gasteiger partial charge in [-0.1, -0.05) is 0 Å². The van der Waals surface area contributed by atoms with Crippen LogP contribution in [0.15, 0.2) is 36.5 Å². The third-order valence-corrected chi connectivity index (χ3v) is 9.29. The maximum atomic E-state index is 13.2. The molecule has 2 saturated heterocycles. The minimum atomic E-state index is -0.229.